The molecule has 2 aliphatic rings. The van der Waals surface area contributed by atoms with E-state index in [-0.39, 0.29) is 23.9 Å². The van der Waals surface area contributed by atoms with Gasteiger partial charge in [0.25, 0.3) is 0 Å². The van der Waals surface area contributed by atoms with Crippen molar-refractivity contribution in [3.05, 3.63) is 60.2 Å². The Kier molecular flexibility index (Phi) is 6.13. The maximum atomic E-state index is 12.9. The molecular weight excluding hydrogens is 392 g/mol. The Morgan fingerprint density at radius 2 is 1.97 bits per heavy atom. The molecule has 3 amide bonds. The molecule has 0 bridgehead atoms. The van der Waals surface area contributed by atoms with Crippen molar-refractivity contribution in [2.75, 3.05) is 32.6 Å². The van der Waals surface area contributed by atoms with Crippen molar-refractivity contribution in [3.8, 4) is 5.75 Å². The second-order valence-corrected chi connectivity index (χ2v) is 8.55. The number of hydrogen-bond acceptors (Lipinski definition) is 4. The topological polar surface area (TPSA) is 82.7 Å². The van der Waals surface area contributed by atoms with E-state index in [1.165, 1.54) is 5.56 Å². The summed E-state index contributed by atoms with van der Waals surface area (Å²) in [6.07, 6.45) is 1.44. The normalized spacial score (nSPS) is 25.0. The number of nitrogens with one attached hydrogen (secondary N) is 3. The molecule has 1 saturated carbocycles. The molecule has 1 aliphatic heterocycles. The van der Waals surface area contributed by atoms with E-state index in [4.69, 9.17) is 4.74 Å². The number of rotatable bonds is 6. The van der Waals surface area contributed by atoms with Crippen molar-refractivity contribution >= 4 is 17.6 Å². The zero-order valence-electron chi connectivity index (χ0n) is 18.1. The first-order chi connectivity index (χ1) is 15.0. The fourth-order valence-electron chi connectivity index (χ4n) is 5.20. The Labute approximate surface area is 183 Å². The van der Waals surface area contributed by atoms with Gasteiger partial charge in [-0.25, -0.2) is 4.79 Å². The summed E-state index contributed by atoms with van der Waals surface area (Å²) in [5.41, 5.74) is 1.46. The predicted molar refractivity (Wildman–Crippen MR) is 120 cm³/mol. The maximum Gasteiger partial charge on any atom is 0.319 e. The monoisotopic (exact) mass is 422 g/mol. The molecule has 1 heterocycles. The highest BCUT2D eigenvalue weighted by atomic mass is 16.5. The molecule has 0 radical (unpaired) electrons. The molecule has 31 heavy (non-hydrogen) atoms. The van der Waals surface area contributed by atoms with Gasteiger partial charge in [0.15, 0.2) is 0 Å². The third-order valence-corrected chi connectivity index (χ3v) is 6.54. The first kappa shape index (κ1) is 21.2. The van der Waals surface area contributed by atoms with Crippen LogP contribution in [0.25, 0.3) is 0 Å². The maximum absolute atomic E-state index is 12.9. The van der Waals surface area contributed by atoms with Crippen LogP contribution in [0.1, 0.15) is 18.4 Å². The van der Waals surface area contributed by atoms with Gasteiger partial charge in [-0.15, -0.1) is 0 Å². The van der Waals surface area contributed by atoms with Crippen LogP contribution in [0.3, 0.4) is 0 Å². The lowest BCUT2D eigenvalue weighted by atomic mass is 9.80. The van der Waals surface area contributed by atoms with Gasteiger partial charge in [0.05, 0.1) is 12.5 Å². The summed E-state index contributed by atoms with van der Waals surface area (Å²) in [5, 5.41) is 8.81. The molecular formula is C24H30N4O3. The summed E-state index contributed by atoms with van der Waals surface area (Å²) in [4.78, 5) is 27.9. The molecule has 0 spiro atoms. The third-order valence-electron chi connectivity index (χ3n) is 6.54. The highest BCUT2D eigenvalue weighted by Gasteiger charge is 2.57. The molecule has 3 atom stereocenters. The second-order valence-electron chi connectivity index (χ2n) is 8.55. The van der Waals surface area contributed by atoms with E-state index < -0.39 is 5.41 Å². The standard InChI is InChI=1S/C24H30N4O3/c1-25-22(29)24-13-20(27-23(30)26-19-9-6-10-21(12-19)31-2)11-18(24)15-28(16-24)14-17-7-4-3-5-8-17/h3-10,12,18,20H,11,13-16H2,1-2H3,(H,25,29)(H2,26,27,30)/t18-,20-,24-/m0/s1. The first-order valence-electron chi connectivity index (χ1n) is 10.7. The number of benzene rings is 2. The minimum Gasteiger partial charge on any atom is -0.497 e. The smallest absolute Gasteiger partial charge is 0.319 e. The number of amides is 3. The fourth-order valence-corrected chi connectivity index (χ4v) is 5.20. The van der Waals surface area contributed by atoms with E-state index in [1.54, 1.807) is 20.2 Å². The Morgan fingerprint density at radius 3 is 2.71 bits per heavy atom. The second kappa shape index (κ2) is 8.98. The summed E-state index contributed by atoms with van der Waals surface area (Å²) in [5.74, 6) is 0.981. The lowest BCUT2D eigenvalue weighted by Gasteiger charge is -2.27. The van der Waals surface area contributed by atoms with Crippen LogP contribution in [0.4, 0.5) is 10.5 Å². The van der Waals surface area contributed by atoms with E-state index in [0.717, 1.165) is 19.5 Å². The van der Waals surface area contributed by atoms with Crippen LogP contribution < -0.4 is 20.7 Å². The molecule has 1 aliphatic carbocycles. The molecule has 3 N–H and O–H groups in total. The number of urea groups is 1. The Hall–Kier alpha value is -3.06. The fraction of sp³-hybridized carbons (Fsp3) is 0.417. The van der Waals surface area contributed by atoms with Crippen molar-refractivity contribution in [3.63, 3.8) is 0 Å². The summed E-state index contributed by atoms with van der Waals surface area (Å²) < 4.78 is 5.20. The van der Waals surface area contributed by atoms with E-state index >= 15 is 0 Å². The molecule has 2 fully saturated rings. The van der Waals surface area contributed by atoms with Crippen LogP contribution in [0, 0.1) is 11.3 Å². The third kappa shape index (κ3) is 4.51. The molecule has 0 aromatic heterocycles. The van der Waals surface area contributed by atoms with Gasteiger partial charge in [0.2, 0.25) is 5.91 Å². The lowest BCUT2D eigenvalue weighted by molar-refractivity contribution is -0.131. The number of carbonyl (C=O) groups is 2. The molecule has 2 aromatic rings. The quantitative estimate of drug-likeness (QED) is 0.669. The van der Waals surface area contributed by atoms with Gasteiger partial charge in [0, 0.05) is 44.5 Å². The highest BCUT2D eigenvalue weighted by Crippen LogP contribution is 2.49. The molecule has 7 heteroatoms. The van der Waals surface area contributed by atoms with Gasteiger partial charge >= 0.3 is 6.03 Å². The van der Waals surface area contributed by atoms with Gasteiger partial charge in [-0.05, 0) is 36.5 Å². The number of nitrogens with zero attached hydrogens (tertiary/aromatic N) is 1. The summed E-state index contributed by atoms with van der Waals surface area (Å²) in [6.45, 7) is 2.41. The first-order valence-corrected chi connectivity index (χ1v) is 10.7. The van der Waals surface area contributed by atoms with Crippen molar-refractivity contribution in [2.24, 2.45) is 11.3 Å². The number of carbonyl (C=O) groups excluding carboxylic acids is 2. The number of likely N-dealkylation sites (tertiary alicyclic amines) is 1. The van der Waals surface area contributed by atoms with E-state index in [0.29, 0.717) is 24.4 Å². The van der Waals surface area contributed by atoms with Gasteiger partial charge in [-0.3, -0.25) is 9.69 Å². The van der Waals surface area contributed by atoms with Crippen LogP contribution in [-0.4, -0.2) is 50.1 Å². The molecule has 2 aromatic carbocycles. The van der Waals surface area contributed by atoms with Crippen LogP contribution in [0.2, 0.25) is 0 Å². The van der Waals surface area contributed by atoms with E-state index in [2.05, 4.69) is 33.0 Å². The zero-order valence-corrected chi connectivity index (χ0v) is 18.1. The van der Waals surface area contributed by atoms with Gasteiger partial charge in [-0.1, -0.05) is 36.4 Å². The SMILES string of the molecule is CNC(=O)[C@]12C[C@@H](NC(=O)Nc3cccc(OC)c3)C[C@H]1CN(Cc1ccccc1)C2. The Morgan fingerprint density at radius 1 is 1.16 bits per heavy atom. The molecule has 164 valence electrons. The highest BCUT2D eigenvalue weighted by molar-refractivity contribution is 5.90. The molecule has 4 rings (SSSR count). The number of hydrogen-bond donors (Lipinski definition) is 3. The molecule has 0 unspecified atom stereocenters. The van der Waals surface area contributed by atoms with Crippen molar-refractivity contribution in [1.29, 1.82) is 0 Å². The van der Waals surface area contributed by atoms with Gasteiger partial charge in [-0.2, -0.15) is 0 Å². The largest absolute Gasteiger partial charge is 0.497 e. The Bertz CT molecular complexity index is 935. The number of anilines is 1. The van der Waals surface area contributed by atoms with Crippen molar-refractivity contribution < 1.29 is 14.3 Å². The summed E-state index contributed by atoms with van der Waals surface area (Å²) in [6, 6.07) is 17.3. The van der Waals surface area contributed by atoms with Gasteiger partial charge < -0.3 is 20.7 Å². The summed E-state index contributed by atoms with van der Waals surface area (Å²) in [7, 11) is 3.29. The predicted octanol–water partition coefficient (Wildman–Crippen LogP) is 2.84. The van der Waals surface area contributed by atoms with Crippen LogP contribution in [-0.2, 0) is 11.3 Å². The minimum absolute atomic E-state index is 0.0354. The minimum atomic E-state index is -0.461. The number of fused-ring (bicyclic) bond motifs is 1. The summed E-state index contributed by atoms with van der Waals surface area (Å²) >= 11 is 0. The van der Waals surface area contributed by atoms with Crippen molar-refractivity contribution in [2.45, 2.75) is 25.4 Å². The number of methoxy groups -OCH3 is 1. The average molecular weight is 423 g/mol. The van der Waals surface area contributed by atoms with Crippen molar-refractivity contribution in [1.82, 2.24) is 15.5 Å². The van der Waals surface area contributed by atoms with Gasteiger partial charge in [0.1, 0.15) is 5.75 Å². The van der Waals surface area contributed by atoms with Crippen LogP contribution in [0.15, 0.2) is 54.6 Å². The van der Waals surface area contributed by atoms with E-state index in [1.807, 2.05) is 36.4 Å². The Balaban J connectivity index is 1.39. The van der Waals surface area contributed by atoms with Crippen LogP contribution in [0.5, 0.6) is 5.75 Å². The van der Waals surface area contributed by atoms with Crippen LogP contribution >= 0.6 is 0 Å². The molecule has 1 saturated heterocycles. The lowest BCUT2D eigenvalue weighted by Crippen LogP contribution is -2.44. The molecule has 7 nitrogen and oxygen atoms in total. The van der Waals surface area contributed by atoms with E-state index in [9.17, 15) is 9.59 Å². The zero-order chi connectivity index (χ0) is 21.8. The average Bonchev–Trinajstić information content (AvgIpc) is 3.27. The number of ether oxygens (including phenoxy) is 1.